The maximum Gasteiger partial charge on any atom is 0.229 e. The predicted molar refractivity (Wildman–Crippen MR) is 118 cm³/mol. The zero-order valence-electron chi connectivity index (χ0n) is 17.1. The quantitative estimate of drug-likeness (QED) is 0.631. The first kappa shape index (κ1) is 19.7. The van der Waals surface area contributed by atoms with Gasteiger partial charge in [0.25, 0.3) is 0 Å². The van der Waals surface area contributed by atoms with Gasteiger partial charge in [0, 0.05) is 32.3 Å². The molecule has 160 valence electrons. The van der Waals surface area contributed by atoms with E-state index in [1.165, 1.54) is 0 Å². The molecular formula is C21H23ClN8O. The van der Waals surface area contributed by atoms with Crippen molar-refractivity contribution in [1.82, 2.24) is 29.6 Å². The summed E-state index contributed by atoms with van der Waals surface area (Å²) >= 11 is 6.35. The van der Waals surface area contributed by atoms with Gasteiger partial charge in [-0.3, -0.25) is 4.79 Å². The van der Waals surface area contributed by atoms with Crippen LogP contribution in [-0.2, 0) is 4.79 Å². The summed E-state index contributed by atoms with van der Waals surface area (Å²) in [4.78, 5) is 26.7. The maximum absolute atomic E-state index is 11.6. The lowest BCUT2D eigenvalue weighted by Crippen LogP contribution is -2.29. The Labute approximate surface area is 184 Å². The molecule has 0 spiro atoms. The molecule has 1 saturated carbocycles. The van der Waals surface area contributed by atoms with Gasteiger partial charge in [-0.05, 0) is 36.8 Å². The normalized spacial score (nSPS) is 22.4. The first-order chi connectivity index (χ1) is 15.0. The summed E-state index contributed by atoms with van der Waals surface area (Å²) in [5.41, 5.74) is 0.749. The molecule has 1 aliphatic carbocycles. The highest BCUT2D eigenvalue weighted by Crippen LogP contribution is 2.39. The Morgan fingerprint density at radius 2 is 1.97 bits per heavy atom. The van der Waals surface area contributed by atoms with Gasteiger partial charge in [-0.2, -0.15) is 10.1 Å². The number of pyridine rings is 1. The number of hydrogen-bond donors (Lipinski definition) is 2. The van der Waals surface area contributed by atoms with E-state index in [4.69, 9.17) is 11.6 Å². The average Bonchev–Trinajstić information content (AvgIpc) is 3.46. The van der Waals surface area contributed by atoms with Crippen molar-refractivity contribution in [3.8, 4) is 5.82 Å². The van der Waals surface area contributed by atoms with Crippen molar-refractivity contribution in [3.05, 3.63) is 48.0 Å². The van der Waals surface area contributed by atoms with Gasteiger partial charge >= 0.3 is 0 Å². The summed E-state index contributed by atoms with van der Waals surface area (Å²) in [6.45, 7) is 3.34. The zero-order valence-corrected chi connectivity index (χ0v) is 17.8. The Hall–Kier alpha value is -3.20. The van der Waals surface area contributed by atoms with Gasteiger partial charge in [0.2, 0.25) is 11.9 Å². The van der Waals surface area contributed by atoms with E-state index in [2.05, 4.69) is 30.7 Å². The van der Waals surface area contributed by atoms with E-state index in [0.29, 0.717) is 28.6 Å². The third kappa shape index (κ3) is 4.18. The van der Waals surface area contributed by atoms with Gasteiger partial charge < -0.3 is 15.5 Å². The largest absolute Gasteiger partial charge is 0.366 e. The molecule has 31 heavy (non-hydrogen) atoms. The Balaban J connectivity index is 1.24. The number of rotatable bonds is 5. The van der Waals surface area contributed by atoms with E-state index in [9.17, 15) is 4.79 Å². The summed E-state index contributed by atoms with van der Waals surface area (Å²) in [5.74, 6) is 3.03. The molecule has 2 unspecified atom stereocenters. The van der Waals surface area contributed by atoms with Crippen LogP contribution in [0.5, 0.6) is 0 Å². The number of likely N-dealkylation sites (tertiary alicyclic amines) is 1. The van der Waals surface area contributed by atoms with Gasteiger partial charge in [0.15, 0.2) is 11.6 Å². The van der Waals surface area contributed by atoms with Crippen molar-refractivity contribution in [2.45, 2.75) is 25.8 Å². The second-order valence-electron chi connectivity index (χ2n) is 8.13. The van der Waals surface area contributed by atoms with Crippen molar-refractivity contribution in [1.29, 1.82) is 0 Å². The van der Waals surface area contributed by atoms with Gasteiger partial charge in [0.05, 0.1) is 24.3 Å². The van der Waals surface area contributed by atoms with Crippen LogP contribution in [-0.4, -0.2) is 54.7 Å². The second-order valence-corrected chi connectivity index (χ2v) is 8.54. The summed E-state index contributed by atoms with van der Waals surface area (Å²) in [5, 5.41) is 11.5. The number of carbonyl (C=O) groups excluding carboxylic acids is 1. The van der Waals surface area contributed by atoms with Gasteiger partial charge in [-0.25, -0.2) is 14.6 Å². The van der Waals surface area contributed by atoms with Crippen LogP contribution < -0.4 is 10.6 Å². The minimum atomic E-state index is 0.167. The molecule has 1 saturated heterocycles. The molecular weight excluding hydrogens is 416 g/mol. The standard InChI is InChI=1S/C21H23ClN8O/c1-13(31)29-10-14-6-16(7-15(14)11-29)26-20-18(22)9-24-21(28-20)27-17-8-25-30(12-17)19-4-2-3-5-23-19/h2-5,8-9,12,14-16H,6-7,10-11H2,1H3,(H2,24,26,27,28). The summed E-state index contributed by atoms with van der Waals surface area (Å²) in [7, 11) is 0. The van der Waals surface area contributed by atoms with Crippen molar-refractivity contribution in [2.75, 3.05) is 23.7 Å². The van der Waals surface area contributed by atoms with Crippen molar-refractivity contribution >= 4 is 35.0 Å². The highest BCUT2D eigenvalue weighted by molar-refractivity contribution is 6.32. The molecule has 2 aliphatic rings. The predicted octanol–water partition coefficient (Wildman–Crippen LogP) is 3.12. The molecule has 9 nitrogen and oxygen atoms in total. The van der Waals surface area contributed by atoms with Crippen LogP contribution in [0.1, 0.15) is 19.8 Å². The number of amides is 1. The van der Waals surface area contributed by atoms with Crippen LogP contribution in [0, 0.1) is 11.8 Å². The Morgan fingerprint density at radius 1 is 1.16 bits per heavy atom. The minimum absolute atomic E-state index is 0.167. The first-order valence-corrected chi connectivity index (χ1v) is 10.7. The van der Waals surface area contributed by atoms with Crippen LogP contribution in [0.3, 0.4) is 0 Å². The smallest absolute Gasteiger partial charge is 0.229 e. The van der Waals surface area contributed by atoms with E-state index in [0.717, 1.165) is 37.4 Å². The average molecular weight is 439 g/mol. The lowest BCUT2D eigenvalue weighted by Gasteiger charge is -2.19. The highest BCUT2D eigenvalue weighted by atomic mass is 35.5. The molecule has 1 aliphatic heterocycles. The molecule has 2 atom stereocenters. The molecule has 2 fully saturated rings. The summed E-state index contributed by atoms with van der Waals surface area (Å²) in [6.07, 6.45) is 8.85. The van der Waals surface area contributed by atoms with Crippen molar-refractivity contribution in [2.24, 2.45) is 11.8 Å². The molecule has 10 heteroatoms. The van der Waals surface area contributed by atoms with Crippen LogP contribution >= 0.6 is 11.6 Å². The van der Waals surface area contributed by atoms with Crippen molar-refractivity contribution < 1.29 is 4.79 Å². The third-order valence-electron chi connectivity index (χ3n) is 6.00. The molecule has 0 aromatic carbocycles. The van der Waals surface area contributed by atoms with Crippen LogP contribution in [0.15, 0.2) is 43.0 Å². The summed E-state index contributed by atoms with van der Waals surface area (Å²) in [6, 6.07) is 5.94. The van der Waals surface area contributed by atoms with Gasteiger partial charge in [0.1, 0.15) is 5.02 Å². The third-order valence-corrected chi connectivity index (χ3v) is 6.28. The van der Waals surface area contributed by atoms with E-state index in [-0.39, 0.29) is 11.9 Å². The Bertz CT molecular complexity index is 1070. The lowest BCUT2D eigenvalue weighted by atomic mass is 10.0. The van der Waals surface area contributed by atoms with Crippen molar-refractivity contribution in [3.63, 3.8) is 0 Å². The van der Waals surface area contributed by atoms with Gasteiger partial charge in [-0.1, -0.05) is 17.7 Å². The number of anilines is 3. The lowest BCUT2D eigenvalue weighted by molar-refractivity contribution is -0.128. The monoisotopic (exact) mass is 438 g/mol. The number of hydrogen-bond acceptors (Lipinski definition) is 7. The molecule has 2 N–H and O–H groups in total. The SMILES string of the molecule is CC(=O)N1CC2CC(Nc3nc(Nc4cnn(-c5ccccn5)c4)ncc3Cl)CC2C1. The Kier molecular flexibility index (Phi) is 5.19. The molecule has 5 rings (SSSR count). The fraction of sp³-hybridized carbons (Fsp3) is 0.381. The number of carbonyl (C=O) groups is 1. The molecule has 4 heterocycles. The van der Waals surface area contributed by atoms with Crippen LogP contribution in [0.25, 0.3) is 5.82 Å². The number of nitrogens with one attached hydrogen (secondary N) is 2. The minimum Gasteiger partial charge on any atom is -0.366 e. The van der Waals surface area contributed by atoms with E-state index in [1.807, 2.05) is 29.3 Å². The first-order valence-electron chi connectivity index (χ1n) is 10.3. The Morgan fingerprint density at radius 3 is 2.68 bits per heavy atom. The fourth-order valence-corrected chi connectivity index (χ4v) is 4.67. The zero-order chi connectivity index (χ0) is 21.4. The van der Waals surface area contributed by atoms with E-state index >= 15 is 0 Å². The van der Waals surface area contributed by atoms with Crippen LogP contribution in [0.2, 0.25) is 5.02 Å². The number of fused-ring (bicyclic) bond motifs is 1. The molecule has 1 amide bonds. The highest BCUT2D eigenvalue weighted by Gasteiger charge is 2.41. The second kappa shape index (κ2) is 8.14. The molecule has 3 aromatic heterocycles. The topological polar surface area (TPSA) is 101 Å². The van der Waals surface area contributed by atoms with Gasteiger partial charge in [-0.15, -0.1) is 0 Å². The summed E-state index contributed by atoms with van der Waals surface area (Å²) < 4.78 is 1.68. The number of nitrogens with zero attached hydrogens (tertiary/aromatic N) is 6. The number of halogens is 1. The molecule has 0 radical (unpaired) electrons. The molecule has 0 bridgehead atoms. The van der Waals surface area contributed by atoms with E-state index < -0.39 is 0 Å². The fourth-order valence-electron chi connectivity index (χ4n) is 4.53. The van der Waals surface area contributed by atoms with Crippen LogP contribution in [0.4, 0.5) is 17.5 Å². The maximum atomic E-state index is 11.6. The molecule has 3 aromatic rings. The van der Waals surface area contributed by atoms with E-state index in [1.54, 1.807) is 30.2 Å². The number of aromatic nitrogens is 5.